The number of hydrogen-bond donors (Lipinski definition) is 0. The van der Waals surface area contributed by atoms with Gasteiger partial charge < -0.3 is 9.80 Å². The van der Waals surface area contributed by atoms with Crippen LogP contribution in [-0.4, -0.2) is 42.0 Å². The monoisotopic (exact) mass is 342 g/mol. The fraction of sp³-hybridized carbons (Fsp3) is 0.190. The predicted octanol–water partition coefficient (Wildman–Crippen LogP) is 3.07. The van der Waals surface area contributed by atoms with Gasteiger partial charge in [0.15, 0.2) is 0 Å². The van der Waals surface area contributed by atoms with Gasteiger partial charge in [-0.15, -0.1) is 0 Å². The maximum atomic E-state index is 13.0. The first-order valence-electron chi connectivity index (χ1n) is 8.65. The molecule has 5 nitrogen and oxygen atoms in total. The number of benzene rings is 2. The van der Waals surface area contributed by atoms with Crippen LogP contribution in [0.3, 0.4) is 0 Å². The van der Waals surface area contributed by atoms with Crippen molar-refractivity contribution in [1.29, 1.82) is 5.26 Å². The molecule has 5 heteroatoms. The Balaban J connectivity index is 1.53. The number of anilines is 1. The van der Waals surface area contributed by atoms with Crippen molar-refractivity contribution in [2.24, 2.45) is 0 Å². The Hall–Kier alpha value is -3.39. The molecule has 0 saturated carbocycles. The van der Waals surface area contributed by atoms with Crippen LogP contribution in [0.1, 0.15) is 15.9 Å². The van der Waals surface area contributed by atoms with Crippen molar-refractivity contribution in [3.63, 3.8) is 0 Å². The standard InChI is InChI=1S/C21H18N4O/c22-15-17-7-4-10-23-20(17)24-11-13-25(14-12-24)21(26)19-9-3-6-16-5-1-2-8-18(16)19/h1-10H,11-14H2. The molecule has 3 aromatic rings. The van der Waals surface area contributed by atoms with Crippen molar-refractivity contribution >= 4 is 22.5 Å². The zero-order valence-electron chi connectivity index (χ0n) is 14.3. The van der Waals surface area contributed by atoms with Crippen LogP contribution in [-0.2, 0) is 0 Å². The Labute approximate surface area is 152 Å². The van der Waals surface area contributed by atoms with Crippen LogP contribution in [0.2, 0.25) is 0 Å². The van der Waals surface area contributed by atoms with E-state index in [9.17, 15) is 10.1 Å². The number of pyridine rings is 1. The number of carbonyl (C=O) groups is 1. The van der Waals surface area contributed by atoms with Gasteiger partial charge >= 0.3 is 0 Å². The number of hydrogen-bond acceptors (Lipinski definition) is 4. The molecule has 1 fully saturated rings. The van der Waals surface area contributed by atoms with Crippen molar-refractivity contribution in [3.8, 4) is 6.07 Å². The Morgan fingerprint density at radius 1 is 0.962 bits per heavy atom. The molecule has 0 bridgehead atoms. The molecule has 4 rings (SSSR count). The summed E-state index contributed by atoms with van der Waals surface area (Å²) in [6.07, 6.45) is 1.70. The van der Waals surface area contributed by atoms with E-state index in [1.165, 1.54) is 0 Å². The zero-order chi connectivity index (χ0) is 17.9. The van der Waals surface area contributed by atoms with Crippen LogP contribution in [0, 0.1) is 11.3 Å². The number of piperazine rings is 1. The number of aromatic nitrogens is 1. The minimum atomic E-state index is 0.0583. The smallest absolute Gasteiger partial charge is 0.254 e. The van der Waals surface area contributed by atoms with Gasteiger partial charge in [-0.05, 0) is 29.0 Å². The Morgan fingerprint density at radius 3 is 2.54 bits per heavy atom. The lowest BCUT2D eigenvalue weighted by Crippen LogP contribution is -2.49. The molecule has 0 aliphatic carbocycles. The summed E-state index contributed by atoms with van der Waals surface area (Å²) in [4.78, 5) is 21.3. The Morgan fingerprint density at radius 2 is 1.73 bits per heavy atom. The molecule has 1 aliphatic rings. The molecule has 0 spiro atoms. The molecule has 0 radical (unpaired) electrons. The van der Waals surface area contributed by atoms with Gasteiger partial charge in [0.1, 0.15) is 11.9 Å². The molecular formula is C21H18N4O. The second-order valence-electron chi connectivity index (χ2n) is 6.29. The van der Waals surface area contributed by atoms with Crippen LogP contribution < -0.4 is 4.90 Å². The van der Waals surface area contributed by atoms with Crippen molar-refractivity contribution < 1.29 is 4.79 Å². The van der Waals surface area contributed by atoms with E-state index in [1.807, 2.05) is 47.4 Å². The van der Waals surface area contributed by atoms with E-state index >= 15 is 0 Å². The number of nitrogens with zero attached hydrogens (tertiary/aromatic N) is 4. The average Bonchev–Trinajstić information content (AvgIpc) is 2.73. The molecule has 1 saturated heterocycles. The van der Waals surface area contributed by atoms with Crippen LogP contribution in [0.5, 0.6) is 0 Å². The number of carbonyl (C=O) groups excluding carboxylic acids is 1. The number of amides is 1. The van der Waals surface area contributed by atoms with Gasteiger partial charge in [-0.2, -0.15) is 5.26 Å². The van der Waals surface area contributed by atoms with Crippen LogP contribution >= 0.6 is 0 Å². The van der Waals surface area contributed by atoms with E-state index in [0.717, 1.165) is 16.3 Å². The normalized spacial score (nSPS) is 14.3. The van der Waals surface area contributed by atoms with Gasteiger partial charge in [-0.1, -0.05) is 36.4 Å². The molecular weight excluding hydrogens is 324 g/mol. The summed E-state index contributed by atoms with van der Waals surface area (Å²) in [5, 5.41) is 11.3. The molecule has 1 amide bonds. The summed E-state index contributed by atoms with van der Waals surface area (Å²) >= 11 is 0. The molecule has 1 aromatic heterocycles. The van der Waals surface area contributed by atoms with Gasteiger partial charge in [0.25, 0.3) is 5.91 Å². The number of fused-ring (bicyclic) bond motifs is 1. The van der Waals surface area contributed by atoms with E-state index in [-0.39, 0.29) is 5.91 Å². The fourth-order valence-corrected chi connectivity index (χ4v) is 3.44. The van der Waals surface area contributed by atoms with Crippen molar-refractivity contribution in [3.05, 3.63) is 71.9 Å². The highest BCUT2D eigenvalue weighted by molar-refractivity contribution is 6.07. The van der Waals surface area contributed by atoms with E-state index < -0.39 is 0 Å². The lowest BCUT2D eigenvalue weighted by molar-refractivity contribution is 0.0748. The van der Waals surface area contributed by atoms with Gasteiger partial charge in [-0.25, -0.2) is 4.98 Å². The van der Waals surface area contributed by atoms with E-state index in [2.05, 4.69) is 16.0 Å². The molecule has 2 heterocycles. The third-order valence-electron chi connectivity index (χ3n) is 4.79. The van der Waals surface area contributed by atoms with E-state index in [1.54, 1.807) is 18.3 Å². The van der Waals surface area contributed by atoms with Crippen molar-refractivity contribution in [2.75, 3.05) is 31.1 Å². The van der Waals surface area contributed by atoms with Crippen molar-refractivity contribution in [1.82, 2.24) is 9.88 Å². The Bertz CT molecular complexity index is 995. The largest absolute Gasteiger partial charge is 0.352 e. The van der Waals surface area contributed by atoms with E-state index in [4.69, 9.17) is 0 Å². The molecule has 1 aliphatic heterocycles. The lowest BCUT2D eigenvalue weighted by Gasteiger charge is -2.35. The molecule has 26 heavy (non-hydrogen) atoms. The molecule has 2 aromatic carbocycles. The topological polar surface area (TPSA) is 60.2 Å². The minimum absolute atomic E-state index is 0.0583. The SMILES string of the molecule is N#Cc1cccnc1N1CCN(C(=O)c2cccc3ccccc23)CC1. The number of rotatable bonds is 2. The summed E-state index contributed by atoms with van der Waals surface area (Å²) in [5.74, 6) is 0.759. The van der Waals surface area contributed by atoms with Gasteiger partial charge in [0, 0.05) is 37.9 Å². The van der Waals surface area contributed by atoms with Gasteiger partial charge in [-0.3, -0.25) is 4.79 Å². The predicted molar refractivity (Wildman–Crippen MR) is 101 cm³/mol. The molecule has 0 unspecified atom stereocenters. The Kier molecular flexibility index (Phi) is 4.24. The van der Waals surface area contributed by atoms with Gasteiger partial charge in [0.2, 0.25) is 0 Å². The molecule has 0 atom stereocenters. The third-order valence-corrected chi connectivity index (χ3v) is 4.79. The summed E-state index contributed by atoms with van der Waals surface area (Å²) in [5.41, 5.74) is 1.31. The van der Waals surface area contributed by atoms with Gasteiger partial charge in [0.05, 0.1) is 5.56 Å². The maximum Gasteiger partial charge on any atom is 0.254 e. The first kappa shape index (κ1) is 16.1. The fourth-order valence-electron chi connectivity index (χ4n) is 3.44. The summed E-state index contributed by atoms with van der Waals surface area (Å²) in [6.45, 7) is 2.57. The zero-order valence-corrected chi connectivity index (χ0v) is 14.3. The summed E-state index contributed by atoms with van der Waals surface area (Å²) in [6, 6.07) is 19.5. The van der Waals surface area contributed by atoms with Crippen LogP contribution in [0.15, 0.2) is 60.8 Å². The van der Waals surface area contributed by atoms with Crippen LogP contribution in [0.4, 0.5) is 5.82 Å². The quantitative estimate of drug-likeness (QED) is 0.718. The highest BCUT2D eigenvalue weighted by Gasteiger charge is 2.24. The van der Waals surface area contributed by atoms with Crippen LogP contribution in [0.25, 0.3) is 10.8 Å². The second kappa shape index (κ2) is 6.85. The molecule has 128 valence electrons. The summed E-state index contributed by atoms with van der Waals surface area (Å²) < 4.78 is 0. The molecule has 0 N–H and O–H groups in total. The summed E-state index contributed by atoms with van der Waals surface area (Å²) in [7, 11) is 0. The second-order valence-corrected chi connectivity index (χ2v) is 6.29. The minimum Gasteiger partial charge on any atom is -0.352 e. The van der Waals surface area contributed by atoms with E-state index in [0.29, 0.717) is 37.6 Å². The first-order chi connectivity index (χ1) is 12.8. The third kappa shape index (κ3) is 2.86. The van der Waals surface area contributed by atoms with Crippen molar-refractivity contribution in [2.45, 2.75) is 0 Å². The lowest BCUT2D eigenvalue weighted by atomic mass is 10.0. The average molecular weight is 342 g/mol. The first-order valence-corrected chi connectivity index (χ1v) is 8.65. The highest BCUT2D eigenvalue weighted by atomic mass is 16.2. The number of nitriles is 1. The highest BCUT2D eigenvalue weighted by Crippen LogP contribution is 2.22. The maximum absolute atomic E-state index is 13.0.